The summed E-state index contributed by atoms with van der Waals surface area (Å²) in [6.45, 7) is 0. The number of aliphatic hydroxyl groups excluding tert-OH is 1. The second-order valence-electron chi connectivity index (χ2n) is 5.17. The first kappa shape index (κ1) is 18.3. The monoisotopic (exact) mass is 349 g/mol. The van der Waals surface area contributed by atoms with Crippen molar-refractivity contribution in [3.8, 4) is 0 Å². The van der Waals surface area contributed by atoms with Crippen LogP contribution in [0.2, 0.25) is 0 Å². The fourth-order valence-electron chi connectivity index (χ4n) is 2.03. The van der Waals surface area contributed by atoms with Gasteiger partial charge in [-0.05, 0) is 24.3 Å². The number of alkyl halides is 3. The van der Waals surface area contributed by atoms with Crippen LogP contribution in [0.15, 0.2) is 66.4 Å². The van der Waals surface area contributed by atoms with Gasteiger partial charge < -0.3 is 10.0 Å². The number of halogens is 3. The van der Waals surface area contributed by atoms with E-state index in [1.807, 2.05) is 6.07 Å². The topological polar surface area (TPSA) is 57.6 Å². The zero-order valence-corrected chi connectivity index (χ0v) is 13.1. The standard InChI is InChI=1S/C18H14F3NO3/c1-22(14-5-3-2-4-6-14)17(25)13-9-7-12(8-10-13)15(23)11-16(24)18(19,20)21/h2-11,24H,1H3. The Kier molecular flexibility index (Phi) is 5.26. The van der Waals surface area contributed by atoms with E-state index in [1.54, 1.807) is 31.3 Å². The molecular weight excluding hydrogens is 335 g/mol. The molecule has 0 saturated heterocycles. The molecule has 0 aliphatic heterocycles. The summed E-state index contributed by atoms with van der Waals surface area (Å²) in [6, 6.07) is 14.0. The third-order valence-electron chi connectivity index (χ3n) is 3.42. The first-order chi connectivity index (χ1) is 11.7. The van der Waals surface area contributed by atoms with Crippen molar-refractivity contribution in [2.24, 2.45) is 0 Å². The van der Waals surface area contributed by atoms with Crippen LogP contribution in [0.3, 0.4) is 0 Å². The molecule has 0 radical (unpaired) electrons. The van der Waals surface area contributed by atoms with E-state index in [4.69, 9.17) is 5.11 Å². The molecule has 0 aliphatic carbocycles. The molecule has 2 rings (SSSR count). The number of aliphatic hydroxyl groups is 1. The van der Waals surface area contributed by atoms with Crippen molar-refractivity contribution in [2.75, 3.05) is 11.9 Å². The van der Waals surface area contributed by atoms with E-state index in [0.717, 1.165) is 0 Å². The van der Waals surface area contributed by atoms with Gasteiger partial charge in [-0.3, -0.25) is 9.59 Å². The van der Waals surface area contributed by atoms with Gasteiger partial charge in [-0.1, -0.05) is 30.3 Å². The summed E-state index contributed by atoms with van der Waals surface area (Å²) in [5.74, 6) is -3.31. The Hall–Kier alpha value is -3.09. The predicted octanol–water partition coefficient (Wildman–Crippen LogP) is 4.15. The maximum atomic E-state index is 12.4. The molecule has 0 heterocycles. The van der Waals surface area contributed by atoms with Gasteiger partial charge >= 0.3 is 6.18 Å². The van der Waals surface area contributed by atoms with Gasteiger partial charge in [0.25, 0.3) is 5.91 Å². The highest BCUT2D eigenvalue weighted by Gasteiger charge is 2.34. The Morgan fingerprint density at radius 2 is 1.48 bits per heavy atom. The molecule has 0 spiro atoms. The lowest BCUT2D eigenvalue weighted by molar-refractivity contribution is -0.120. The van der Waals surface area contributed by atoms with Crippen LogP contribution < -0.4 is 4.90 Å². The number of allylic oxidation sites excluding steroid dienone is 2. The highest BCUT2D eigenvalue weighted by atomic mass is 19.4. The van der Waals surface area contributed by atoms with Crippen LogP contribution in [0.5, 0.6) is 0 Å². The van der Waals surface area contributed by atoms with Crippen molar-refractivity contribution < 1.29 is 27.9 Å². The Morgan fingerprint density at radius 3 is 2.00 bits per heavy atom. The molecule has 0 bridgehead atoms. The van der Waals surface area contributed by atoms with Gasteiger partial charge in [-0.15, -0.1) is 0 Å². The smallest absolute Gasteiger partial charge is 0.448 e. The van der Waals surface area contributed by atoms with Gasteiger partial charge in [0.1, 0.15) is 0 Å². The van der Waals surface area contributed by atoms with Crippen molar-refractivity contribution in [3.05, 3.63) is 77.6 Å². The number of hydrogen-bond donors (Lipinski definition) is 1. The first-order valence-electron chi connectivity index (χ1n) is 7.15. The van der Waals surface area contributed by atoms with Crippen molar-refractivity contribution in [3.63, 3.8) is 0 Å². The molecule has 0 fully saturated rings. The SMILES string of the molecule is CN(C(=O)c1ccc(C(=O)C=C(O)C(F)(F)F)cc1)c1ccccc1. The molecule has 0 aliphatic rings. The lowest BCUT2D eigenvalue weighted by atomic mass is 10.1. The van der Waals surface area contributed by atoms with Crippen molar-refractivity contribution >= 4 is 17.4 Å². The first-order valence-corrected chi connectivity index (χ1v) is 7.15. The molecular formula is C18H14F3NO3. The number of para-hydroxylation sites is 1. The minimum atomic E-state index is -4.98. The highest BCUT2D eigenvalue weighted by Crippen LogP contribution is 2.23. The van der Waals surface area contributed by atoms with Crippen molar-refractivity contribution in [1.82, 2.24) is 0 Å². The summed E-state index contributed by atoms with van der Waals surface area (Å²) < 4.78 is 36.7. The number of amides is 1. The minimum absolute atomic E-state index is 0.0743. The lowest BCUT2D eigenvalue weighted by Gasteiger charge is -2.17. The van der Waals surface area contributed by atoms with Crippen LogP contribution >= 0.6 is 0 Å². The van der Waals surface area contributed by atoms with E-state index >= 15 is 0 Å². The van der Waals surface area contributed by atoms with Gasteiger partial charge in [0, 0.05) is 29.9 Å². The molecule has 0 aromatic heterocycles. The molecule has 2 aromatic rings. The van der Waals surface area contributed by atoms with Crippen LogP contribution in [0.1, 0.15) is 20.7 Å². The van der Waals surface area contributed by atoms with Crippen molar-refractivity contribution in [1.29, 1.82) is 0 Å². The minimum Gasteiger partial charge on any atom is -0.504 e. The highest BCUT2D eigenvalue weighted by molar-refractivity contribution is 6.08. The van der Waals surface area contributed by atoms with E-state index < -0.39 is 17.7 Å². The fraction of sp³-hybridized carbons (Fsp3) is 0.111. The molecule has 0 saturated carbocycles. The Morgan fingerprint density at radius 1 is 0.960 bits per heavy atom. The Balaban J connectivity index is 2.17. The number of carbonyl (C=O) groups is 2. The summed E-state index contributed by atoms with van der Waals surface area (Å²) in [4.78, 5) is 25.5. The Bertz CT molecular complexity index is 797. The molecule has 2 aromatic carbocycles. The predicted molar refractivity (Wildman–Crippen MR) is 86.7 cm³/mol. The second-order valence-corrected chi connectivity index (χ2v) is 5.17. The van der Waals surface area contributed by atoms with Gasteiger partial charge in [0.15, 0.2) is 5.78 Å². The quantitative estimate of drug-likeness (QED) is 0.512. The average Bonchev–Trinajstić information content (AvgIpc) is 2.60. The van der Waals surface area contributed by atoms with Gasteiger partial charge in [0.05, 0.1) is 0 Å². The van der Waals surface area contributed by atoms with Gasteiger partial charge in [-0.25, -0.2) is 0 Å². The number of carbonyl (C=O) groups excluding carboxylic acids is 2. The van der Waals surface area contributed by atoms with Crippen LogP contribution in [0, 0.1) is 0 Å². The van der Waals surface area contributed by atoms with E-state index in [9.17, 15) is 22.8 Å². The van der Waals surface area contributed by atoms with Crippen LogP contribution in [-0.2, 0) is 0 Å². The lowest BCUT2D eigenvalue weighted by Crippen LogP contribution is -2.26. The molecule has 0 atom stereocenters. The second kappa shape index (κ2) is 7.21. The molecule has 25 heavy (non-hydrogen) atoms. The van der Waals surface area contributed by atoms with E-state index in [0.29, 0.717) is 5.69 Å². The maximum absolute atomic E-state index is 12.4. The van der Waals surface area contributed by atoms with Crippen molar-refractivity contribution in [2.45, 2.75) is 6.18 Å². The number of hydrogen-bond acceptors (Lipinski definition) is 3. The summed E-state index contributed by atoms with van der Waals surface area (Å²) in [5, 5.41) is 8.81. The summed E-state index contributed by atoms with van der Waals surface area (Å²) in [6.07, 6.45) is -4.88. The van der Waals surface area contributed by atoms with Crippen LogP contribution in [-0.4, -0.2) is 30.0 Å². The van der Waals surface area contributed by atoms with Crippen LogP contribution in [0.4, 0.5) is 18.9 Å². The summed E-state index contributed by atoms with van der Waals surface area (Å²) >= 11 is 0. The normalized spacial score (nSPS) is 11.9. The Labute approximate surface area is 141 Å². The van der Waals surface area contributed by atoms with E-state index in [1.165, 1.54) is 29.2 Å². The molecule has 1 amide bonds. The molecule has 130 valence electrons. The third kappa shape index (κ3) is 4.47. The van der Waals surface area contributed by atoms with Crippen LogP contribution in [0.25, 0.3) is 0 Å². The third-order valence-corrected chi connectivity index (χ3v) is 3.42. The number of ketones is 1. The zero-order chi connectivity index (χ0) is 18.6. The molecule has 7 heteroatoms. The molecule has 1 N–H and O–H groups in total. The number of nitrogens with zero attached hydrogens (tertiary/aromatic N) is 1. The number of benzene rings is 2. The number of rotatable bonds is 4. The summed E-state index contributed by atoms with van der Waals surface area (Å²) in [7, 11) is 1.58. The fourth-order valence-corrected chi connectivity index (χ4v) is 2.03. The zero-order valence-electron chi connectivity index (χ0n) is 13.1. The van der Waals surface area contributed by atoms with Gasteiger partial charge in [0.2, 0.25) is 5.76 Å². The molecule has 4 nitrogen and oxygen atoms in total. The number of anilines is 1. The molecule has 0 unspecified atom stereocenters. The average molecular weight is 349 g/mol. The largest absolute Gasteiger partial charge is 0.504 e. The van der Waals surface area contributed by atoms with Gasteiger partial charge in [-0.2, -0.15) is 13.2 Å². The van der Waals surface area contributed by atoms with E-state index in [2.05, 4.69) is 0 Å². The van der Waals surface area contributed by atoms with E-state index in [-0.39, 0.29) is 23.1 Å². The maximum Gasteiger partial charge on any atom is 0.448 e. The summed E-state index contributed by atoms with van der Waals surface area (Å²) in [5.41, 5.74) is 0.868.